The maximum atomic E-state index is 11.9. The zero-order valence-electron chi connectivity index (χ0n) is 11.9. The summed E-state index contributed by atoms with van der Waals surface area (Å²) in [5.41, 5.74) is 1.03. The fraction of sp³-hybridized carbons (Fsp3) is 0.286. The van der Waals surface area contributed by atoms with Gasteiger partial charge >= 0.3 is 0 Å². The molecule has 0 aliphatic carbocycles. The Morgan fingerprint density at radius 3 is 2.73 bits per heavy atom. The smallest absolute Gasteiger partial charge is 0.270 e. The number of carbonyl (C=O) groups is 1. The number of thiazole rings is 1. The lowest BCUT2D eigenvalue weighted by molar-refractivity contribution is -0.384. The molecule has 1 unspecified atom stereocenters. The number of nitrogens with zero attached hydrogens (tertiary/aromatic N) is 2. The highest BCUT2D eigenvalue weighted by molar-refractivity contribution is 7.13. The van der Waals surface area contributed by atoms with Crippen molar-refractivity contribution in [3.8, 4) is 10.6 Å². The van der Waals surface area contributed by atoms with Gasteiger partial charge in [0.05, 0.1) is 4.92 Å². The van der Waals surface area contributed by atoms with Crippen molar-refractivity contribution in [3.05, 3.63) is 45.5 Å². The molecule has 0 aliphatic rings. The van der Waals surface area contributed by atoms with Crippen molar-refractivity contribution in [1.82, 2.24) is 10.3 Å². The van der Waals surface area contributed by atoms with E-state index >= 15 is 0 Å². The number of nitrogens with one attached hydrogen (secondary N) is 1. The van der Waals surface area contributed by atoms with Crippen LogP contribution in [0.2, 0.25) is 0 Å². The minimum Gasteiger partial charge on any atom is -0.396 e. The molecular formula is C14H15N3O4S. The molecule has 1 aromatic carbocycles. The lowest BCUT2D eigenvalue weighted by Crippen LogP contribution is -2.29. The first-order valence-electron chi connectivity index (χ1n) is 6.60. The van der Waals surface area contributed by atoms with Crippen LogP contribution in [0.15, 0.2) is 29.6 Å². The van der Waals surface area contributed by atoms with E-state index in [1.807, 2.05) is 6.92 Å². The number of non-ortho nitro benzene ring substituents is 1. The highest BCUT2D eigenvalue weighted by Gasteiger charge is 2.13. The molecule has 0 radical (unpaired) electrons. The third-order valence-corrected chi connectivity index (χ3v) is 3.88. The molecule has 0 spiro atoms. The Bertz CT molecular complexity index is 669. The first-order chi connectivity index (χ1) is 10.5. The van der Waals surface area contributed by atoms with Crippen LogP contribution in [0.4, 0.5) is 5.69 Å². The van der Waals surface area contributed by atoms with Crippen LogP contribution in [0.1, 0.15) is 17.4 Å². The molecular weight excluding hydrogens is 306 g/mol. The van der Waals surface area contributed by atoms with Gasteiger partial charge in [0, 0.05) is 36.2 Å². The average molecular weight is 321 g/mol. The topological polar surface area (TPSA) is 105 Å². The van der Waals surface area contributed by atoms with Gasteiger partial charge in [-0.2, -0.15) is 0 Å². The summed E-state index contributed by atoms with van der Waals surface area (Å²) in [4.78, 5) is 26.3. The van der Waals surface area contributed by atoms with Gasteiger partial charge in [-0.1, -0.05) is 6.92 Å². The fourth-order valence-corrected chi connectivity index (χ4v) is 2.46. The summed E-state index contributed by atoms with van der Waals surface area (Å²) in [5, 5.41) is 24.5. The Hall–Kier alpha value is -2.32. The maximum Gasteiger partial charge on any atom is 0.270 e. The minimum atomic E-state index is -0.465. The van der Waals surface area contributed by atoms with Crippen molar-refractivity contribution < 1.29 is 14.8 Å². The van der Waals surface area contributed by atoms with Crippen molar-refractivity contribution >= 4 is 22.9 Å². The predicted octanol–water partition coefficient (Wildman–Crippen LogP) is 2.08. The number of aliphatic hydroxyl groups excluding tert-OH is 1. The van der Waals surface area contributed by atoms with Crippen molar-refractivity contribution in [2.45, 2.75) is 6.92 Å². The van der Waals surface area contributed by atoms with Gasteiger partial charge in [-0.25, -0.2) is 4.98 Å². The lowest BCUT2D eigenvalue weighted by Gasteiger charge is -2.07. The number of amides is 1. The van der Waals surface area contributed by atoms with Crippen molar-refractivity contribution in [2.24, 2.45) is 5.92 Å². The monoisotopic (exact) mass is 321 g/mol. The van der Waals surface area contributed by atoms with E-state index in [2.05, 4.69) is 10.3 Å². The average Bonchev–Trinajstić information content (AvgIpc) is 3.02. The molecule has 1 heterocycles. The molecule has 22 heavy (non-hydrogen) atoms. The molecule has 7 nitrogen and oxygen atoms in total. The van der Waals surface area contributed by atoms with Crippen LogP contribution in [-0.4, -0.2) is 34.1 Å². The van der Waals surface area contributed by atoms with E-state index in [1.54, 1.807) is 17.5 Å². The molecule has 2 aromatic rings. The minimum absolute atomic E-state index is 0.00535. The molecule has 0 bridgehead atoms. The maximum absolute atomic E-state index is 11.9. The summed E-state index contributed by atoms with van der Waals surface area (Å²) in [5.74, 6) is -0.318. The molecule has 2 rings (SSSR count). The van der Waals surface area contributed by atoms with Crippen LogP contribution in [0.5, 0.6) is 0 Å². The van der Waals surface area contributed by atoms with Crippen LogP contribution < -0.4 is 5.32 Å². The van der Waals surface area contributed by atoms with E-state index in [9.17, 15) is 14.9 Å². The predicted molar refractivity (Wildman–Crippen MR) is 82.8 cm³/mol. The number of nitro benzene ring substituents is 1. The third kappa shape index (κ3) is 3.86. The summed E-state index contributed by atoms with van der Waals surface area (Å²) in [6, 6.07) is 6.01. The van der Waals surface area contributed by atoms with Crippen molar-refractivity contribution in [2.75, 3.05) is 13.2 Å². The van der Waals surface area contributed by atoms with E-state index in [1.165, 1.54) is 23.5 Å². The molecule has 2 N–H and O–H groups in total. The molecule has 0 fully saturated rings. The van der Waals surface area contributed by atoms with Crippen LogP contribution >= 0.6 is 11.3 Å². The number of hydrogen-bond donors (Lipinski definition) is 2. The molecule has 8 heteroatoms. The normalized spacial score (nSPS) is 11.9. The summed E-state index contributed by atoms with van der Waals surface area (Å²) >= 11 is 1.29. The first kappa shape index (κ1) is 16.1. The molecule has 0 saturated carbocycles. The van der Waals surface area contributed by atoms with Crippen LogP contribution in [0, 0.1) is 16.0 Å². The number of aliphatic hydroxyl groups is 1. The molecule has 0 saturated heterocycles. The van der Waals surface area contributed by atoms with Crippen LogP contribution in [-0.2, 0) is 0 Å². The summed E-state index contributed by atoms with van der Waals surface area (Å²) in [7, 11) is 0. The van der Waals surface area contributed by atoms with Crippen LogP contribution in [0.25, 0.3) is 10.6 Å². The summed E-state index contributed by atoms with van der Waals surface area (Å²) in [6.45, 7) is 2.20. The zero-order chi connectivity index (χ0) is 16.1. The first-order valence-corrected chi connectivity index (χ1v) is 7.48. The van der Waals surface area contributed by atoms with Gasteiger partial charge in [-0.3, -0.25) is 14.9 Å². The van der Waals surface area contributed by atoms with Crippen LogP contribution in [0.3, 0.4) is 0 Å². The molecule has 1 amide bonds. The van der Waals surface area contributed by atoms with E-state index in [0.29, 0.717) is 17.2 Å². The number of aromatic nitrogens is 1. The number of rotatable bonds is 6. The molecule has 116 valence electrons. The van der Waals surface area contributed by atoms with Gasteiger partial charge in [-0.15, -0.1) is 11.3 Å². The molecule has 1 aromatic heterocycles. The highest BCUT2D eigenvalue weighted by atomic mass is 32.1. The van der Waals surface area contributed by atoms with Gasteiger partial charge in [0.2, 0.25) is 0 Å². The zero-order valence-corrected chi connectivity index (χ0v) is 12.7. The third-order valence-electron chi connectivity index (χ3n) is 2.98. The SMILES string of the molecule is CC(CO)CNC(=O)c1csc(-c2ccc([N+](=O)[O-])cc2)n1. The van der Waals surface area contributed by atoms with E-state index in [-0.39, 0.29) is 24.1 Å². The quantitative estimate of drug-likeness (QED) is 0.626. The second kappa shape index (κ2) is 7.10. The number of hydrogen-bond acceptors (Lipinski definition) is 6. The Morgan fingerprint density at radius 2 is 2.14 bits per heavy atom. The number of carbonyl (C=O) groups excluding carboxylic acids is 1. The van der Waals surface area contributed by atoms with Gasteiger partial charge in [0.1, 0.15) is 10.7 Å². The highest BCUT2D eigenvalue weighted by Crippen LogP contribution is 2.25. The van der Waals surface area contributed by atoms with Crippen molar-refractivity contribution in [3.63, 3.8) is 0 Å². The van der Waals surface area contributed by atoms with E-state index < -0.39 is 4.92 Å². The summed E-state index contributed by atoms with van der Waals surface area (Å²) < 4.78 is 0. The number of nitro groups is 1. The number of benzene rings is 1. The van der Waals surface area contributed by atoms with E-state index in [4.69, 9.17) is 5.11 Å². The van der Waals surface area contributed by atoms with Gasteiger partial charge < -0.3 is 10.4 Å². The lowest BCUT2D eigenvalue weighted by atomic mass is 10.2. The Balaban J connectivity index is 2.07. The van der Waals surface area contributed by atoms with Gasteiger partial charge in [0.15, 0.2) is 0 Å². The van der Waals surface area contributed by atoms with Gasteiger partial charge in [-0.05, 0) is 18.1 Å². The Labute approximate surface area is 130 Å². The second-order valence-electron chi connectivity index (χ2n) is 4.84. The second-order valence-corrected chi connectivity index (χ2v) is 5.70. The van der Waals surface area contributed by atoms with Crippen molar-refractivity contribution in [1.29, 1.82) is 0 Å². The Kier molecular flexibility index (Phi) is 5.18. The van der Waals surface area contributed by atoms with Gasteiger partial charge in [0.25, 0.3) is 11.6 Å². The largest absolute Gasteiger partial charge is 0.396 e. The molecule has 0 aliphatic heterocycles. The standard InChI is InChI=1S/C14H15N3O4S/c1-9(7-18)6-15-13(19)12-8-22-14(16-12)10-2-4-11(5-3-10)17(20)21/h2-5,8-9,18H,6-7H2,1H3,(H,15,19). The van der Waals surface area contributed by atoms with E-state index in [0.717, 1.165) is 5.56 Å². The Morgan fingerprint density at radius 1 is 1.45 bits per heavy atom. The fourth-order valence-electron chi connectivity index (χ4n) is 1.66. The molecule has 1 atom stereocenters. The summed E-state index contributed by atoms with van der Waals surface area (Å²) in [6.07, 6.45) is 0.